The van der Waals surface area contributed by atoms with Gasteiger partial charge in [-0.05, 0) is 30.7 Å². The Morgan fingerprint density at radius 1 is 1.38 bits per heavy atom. The van der Waals surface area contributed by atoms with Crippen LogP contribution in [0, 0.1) is 0 Å². The Balaban J connectivity index is 1.82. The van der Waals surface area contributed by atoms with Crippen LogP contribution in [0.25, 0.3) is 11.3 Å². The molecule has 0 unspecified atom stereocenters. The number of nitrogens with one attached hydrogen (secondary N) is 2. The van der Waals surface area contributed by atoms with E-state index >= 15 is 0 Å². The van der Waals surface area contributed by atoms with Crippen LogP contribution in [0.15, 0.2) is 42.0 Å². The fraction of sp³-hybridized carbons (Fsp3) is 0.235. The maximum absolute atomic E-state index is 12.7. The number of rotatable bonds is 6. The summed E-state index contributed by atoms with van der Waals surface area (Å²) >= 11 is 1.54. The van der Waals surface area contributed by atoms with Gasteiger partial charge in [-0.15, -0.1) is 11.3 Å². The fourth-order valence-corrected chi connectivity index (χ4v) is 3.19. The quantitative estimate of drug-likeness (QED) is 0.719. The zero-order valence-electron chi connectivity index (χ0n) is 13.4. The molecule has 3 rings (SSSR count). The first-order valence-corrected chi connectivity index (χ1v) is 8.49. The van der Waals surface area contributed by atoms with Crippen molar-refractivity contribution >= 4 is 17.2 Å². The number of aromatic nitrogens is 3. The standard InChI is InChI=1S/C17H18N4O2S/c1-3-14(17-18-8-9-24-17)20-16(22)13-10-19-21-15(13)11-4-6-12(23-2)7-5-11/h4-10,14H,3H2,1-2H3,(H,19,21)(H,20,22)/t14-/m1/s1. The van der Waals surface area contributed by atoms with Gasteiger partial charge in [-0.2, -0.15) is 5.10 Å². The fourth-order valence-electron chi connectivity index (χ4n) is 2.42. The first kappa shape index (κ1) is 16.2. The van der Waals surface area contributed by atoms with Gasteiger partial charge in [0.15, 0.2) is 0 Å². The first-order chi connectivity index (χ1) is 11.7. The highest BCUT2D eigenvalue weighted by atomic mass is 32.1. The number of nitrogens with zero attached hydrogens (tertiary/aromatic N) is 2. The Morgan fingerprint density at radius 3 is 2.79 bits per heavy atom. The summed E-state index contributed by atoms with van der Waals surface area (Å²) in [5.41, 5.74) is 2.07. The molecule has 1 atom stereocenters. The Kier molecular flexibility index (Phi) is 4.90. The minimum Gasteiger partial charge on any atom is -0.497 e. The van der Waals surface area contributed by atoms with Gasteiger partial charge in [0.2, 0.25) is 0 Å². The lowest BCUT2D eigenvalue weighted by molar-refractivity contribution is 0.0936. The Hall–Kier alpha value is -2.67. The zero-order valence-corrected chi connectivity index (χ0v) is 14.3. The Bertz CT molecular complexity index is 796. The third-order valence-electron chi connectivity index (χ3n) is 3.73. The summed E-state index contributed by atoms with van der Waals surface area (Å²) in [5.74, 6) is 0.593. The number of thiazole rings is 1. The predicted molar refractivity (Wildman–Crippen MR) is 93.2 cm³/mol. The number of carbonyl (C=O) groups excluding carboxylic acids is 1. The van der Waals surface area contributed by atoms with E-state index in [1.807, 2.05) is 36.6 Å². The molecule has 24 heavy (non-hydrogen) atoms. The zero-order chi connectivity index (χ0) is 16.9. The minimum absolute atomic E-state index is 0.101. The van der Waals surface area contributed by atoms with Crippen molar-refractivity contribution in [3.63, 3.8) is 0 Å². The molecular formula is C17H18N4O2S. The van der Waals surface area contributed by atoms with Crippen LogP contribution in [0.4, 0.5) is 0 Å². The monoisotopic (exact) mass is 342 g/mol. The van der Waals surface area contributed by atoms with Crippen LogP contribution in [-0.4, -0.2) is 28.2 Å². The van der Waals surface area contributed by atoms with E-state index in [2.05, 4.69) is 20.5 Å². The summed E-state index contributed by atoms with van der Waals surface area (Å²) < 4.78 is 5.16. The van der Waals surface area contributed by atoms with Gasteiger partial charge < -0.3 is 10.1 Å². The van der Waals surface area contributed by atoms with Crippen molar-refractivity contribution in [2.45, 2.75) is 19.4 Å². The maximum atomic E-state index is 12.7. The van der Waals surface area contributed by atoms with Crippen molar-refractivity contribution in [2.75, 3.05) is 7.11 Å². The van der Waals surface area contributed by atoms with Crippen molar-refractivity contribution in [1.82, 2.24) is 20.5 Å². The van der Waals surface area contributed by atoms with Gasteiger partial charge in [-0.1, -0.05) is 6.92 Å². The average molecular weight is 342 g/mol. The summed E-state index contributed by atoms with van der Waals surface area (Å²) in [6, 6.07) is 7.38. The molecule has 0 saturated heterocycles. The van der Waals surface area contributed by atoms with Gasteiger partial charge in [-0.25, -0.2) is 4.98 Å². The summed E-state index contributed by atoms with van der Waals surface area (Å²) in [6.45, 7) is 2.02. The van der Waals surface area contributed by atoms with Crippen molar-refractivity contribution in [3.05, 3.63) is 52.6 Å². The van der Waals surface area contributed by atoms with Crippen molar-refractivity contribution in [3.8, 4) is 17.0 Å². The van der Waals surface area contributed by atoms with Crippen LogP contribution in [0.3, 0.4) is 0 Å². The largest absolute Gasteiger partial charge is 0.497 e. The summed E-state index contributed by atoms with van der Waals surface area (Å²) in [6.07, 6.45) is 4.06. The number of H-pyrrole nitrogens is 1. The molecule has 124 valence electrons. The van der Waals surface area contributed by atoms with E-state index in [0.717, 1.165) is 22.7 Å². The SMILES string of the molecule is CC[C@@H](NC(=O)c1cn[nH]c1-c1ccc(OC)cc1)c1nccs1. The second-order valence-corrected chi connectivity index (χ2v) is 6.12. The minimum atomic E-state index is -0.170. The van der Waals surface area contributed by atoms with E-state index in [1.54, 1.807) is 19.5 Å². The third-order valence-corrected chi connectivity index (χ3v) is 4.61. The van der Waals surface area contributed by atoms with Crippen molar-refractivity contribution < 1.29 is 9.53 Å². The van der Waals surface area contributed by atoms with Crippen LogP contribution in [-0.2, 0) is 0 Å². The molecule has 3 aromatic rings. The highest BCUT2D eigenvalue weighted by Gasteiger charge is 2.20. The van der Waals surface area contributed by atoms with Gasteiger partial charge in [0.05, 0.1) is 30.6 Å². The number of hydrogen-bond donors (Lipinski definition) is 2. The Morgan fingerprint density at radius 2 is 2.17 bits per heavy atom. The summed E-state index contributed by atoms with van der Waals surface area (Å²) in [4.78, 5) is 17.0. The molecule has 0 radical (unpaired) electrons. The lowest BCUT2D eigenvalue weighted by Crippen LogP contribution is -2.28. The van der Waals surface area contributed by atoms with Crippen LogP contribution >= 0.6 is 11.3 Å². The van der Waals surface area contributed by atoms with Gasteiger partial charge in [-0.3, -0.25) is 9.89 Å². The van der Waals surface area contributed by atoms with Crippen LogP contribution in [0.2, 0.25) is 0 Å². The number of methoxy groups -OCH3 is 1. The molecule has 0 spiro atoms. The Labute approximate surface area is 143 Å². The lowest BCUT2D eigenvalue weighted by atomic mass is 10.1. The molecule has 6 nitrogen and oxygen atoms in total. The second kappa shape index (κ2) is 7.27. The lowest BCUT2D eigenvalue weighted by Gasteiger charge is -2.14. The summed E-state index contributed by atoms with van der Waals surface area (Å²) in [7, 11) is 1.62. The molecule has 2 heterocycles. The van der Waals surface area contributed by atoms with E-state index in [4.69, 9.17) is 4.74 Å². The predicted octanol–water partition coefficient (Wildman–Crippen LogP) is 3.42. The number of amides is 1. The molecule has 7 heteroatoms. The maximum Gasteiger partial charge on any atom is 0.255 e. The highest BCUT2D eigenvalue weighted by Crippen LogP contribution is 2.25. The molecular weight excluding hydrogens is 324 g/mol. The molecule has 1 amide bonds. The topological polar surface area (TPSA) is 79.9 Å². The molecule has 0 bridgehead atoms. The summed E-state index contributed by atoms with van der Waals surface area (Å²) in [5, 5.41) is 12.8. The van der Waals surface area contributed by atoms with E-state index in [1.165, 1.54) is 11.3 Å². The smallest absolute Gasteiger partial charge is 0.255 e. The molecule has 2 N–H and O–H groups in total. The normalized spacial score (nSPS) is 11.9. The second-order valence-electron chi connectivity index (χ2n) is 5.19. The van der Waals surface area contributed by atoms with Gasteiger partial charge in [0.1, 0.15) is 10.8 Å². The third kappa shape index (κ3) is 3.30. The molecule has 2 aromatic heterocycles. The van der Waals surface area contributed by atoms with Crippen LogP contribution < -0.4 is 10.1 Å². The molecule has 0 saturated carbocycles. The number of ether oxygens (including phenoxy) is 1. The molecule has 0 aliphatic carbocycles. The van der Waals surface area contributed by atoms with E-state index in [-0.39, 0.29) is 11.9 Å². The number of hydrogen-bond acceptors (Lipinski definition) is 5. The molecule has 0 aliphatic rings. The first-order valence-electron chi connectivity index (χ1n) is 7.61. The van der Waals surface area contributed by atoms with E-state index < -0.39 is 0 Å². The average Bonchev–Trinajstić information content (AvgIpc) is 3.31. The number of aromatic amines is 1. The van der Waals surface area contributed by atoms with E-state index in [0.29, 0.717) is 11.3 Å². The molecule has 0 fully saturated rings. The van der Waals surface area contributed by atoms with Gasteiger partial charge in [0.25, 0.3) is 5.91 Å². The van der Waals surface area contributed by atoms with Crippen LogP contribution in [0.1, 0.15) is 34.8 Å². The van der Waals surface area contributed by atoms with Crippen LogP contribution in [0.5, 0.6) is 5.75 Å². The van der Waals surface area contributed by atoms with Crippen molar-refractivity contribution in [1.29, 1.82) is 0 Å². The highest BCUT2D eigenvalue weighted by molar-refractivity contribution is 7.09. The van der Waals surface area contributed by atoms with E-state index in [9.17, 15) is 4.79 Å². The van der Waals surface area contributed by atoms with Gasteiger partial charge >= 0.3 is 0 Å². The number of carbonyl (C=O) groups is 1. The van der Waals surface area contributed by atoms with Crippen molar-refractivity contribution in [2.24, 2.45) is 0 Å². The molecule has 0 aliphatic heterocycles. The number of benzene rings is 1. The van der Waals surface area contributed by atoms with Gasteiger partial charge in [0, 0.05) is 17.1 Å². The molecule has 1 aromatic carbocycles.